The second-order valence-electron chi connectivity index (χ2n) is 4.28. The van der Waals surface area contributed by atoms with Crippen molar-refractivity contribution in [2.24, 2.45) is 5.73 Å². The normalized spacial score (nSPS) is 15.2. The maximum absolute atomic E-state index is 12.5. The summed E-state index contributed by atoms with van der Waals surface area (Å²) in [4.78, 5) is 11.6. The van der Waals surface area contributed by atoms with Crippen molar-refractivity contribution < 1.29 is 18.6 Å². The number of nitrogens with one attached hydrogen (secondary N) is 1. The summed E-state index contributed by atoms with van der Waals surface area (Å²) in [5.41, 5.74) is 5.50. The van der Waals surface area contributed by atoms with E-state index in [-0.39, 0.29) is 6.29 Å². The highest BCUT2D eigenvalue weighted by molar-refractivity contribution is 7.57. The monoisotopic (exact) mass is 300 g/mol. The molecule has 0 radical (unpaired) electrons. The Morgan fingerprint density at radius 1 is 1.40 bits per heavy atom. The maximum Gasteiger partial charge on any atom is 0.330 e. The number of nitrogens with two attached hydrogens (primary N) is 1. The van der Waals surface area contributed by atoms with Gasteiger partial charge in [0, 0.05) is 0 Å². The van der Waals surface area contributed by atoms with Gasteiger partial charge in [0.2, 0.25) is 0 Å². The van der Waals surface area contributed by atoms with Gasteiger partial charge in [-0.1, -0.05) is 25.1 Å². The lowest BCUT2D eigenvalue weighted by molar-refractivity contribution is -0.145. The lowest BCUT2D eigenvalue weighted by Crippen LogP contribution is -2.36. The Balaban J connectivity index is 2.65. The number of para-hydroxylation sites is 1. The Morgan fingerprint density at radius 2 is 2.05 bits per heavy atom. The molecule has 1 aromatic carbocycles. The highest BCUT2D eigenvalue weighted by Gasteiger charge is 2.28. The Morgan fingerprint density at radius 3 is 2.60 bits per heavy atom. The van der Waals surface area contributed by atoms with Crippen LogP contribution in [0.4, 0.5) is 0 Å². The number of carbonyl (C=O) groups is 1. The molecule has 1 rings (SSSR count). The quantitative estimate of drug-likeness (QED) is 0.564. The van der Waals surface area contributed by atoms with Crippen LogP contribution in [0.25, 0.3) is 0 Å². The van der Waals surface area contributed by atoms with Crippen LogP contribution in [-0.2, 0) is 14.1 Å². The van der Waals surface area contributed by atoms with Crippen LogP contribution in [0.3, 0.4) is 0 Å². The van der Waals surface area contributed by atoms with Gasteiger partial charge in [-0.2, -0.15) is 0 Å². The molecule has 2 atom stereocenters. The van der Waals surface area contributed by atoms with Gasteiger partial charge in [-0.25, -0.2) is 5.09 Å². The van der Waals surface area contributed by atoms with E-state index in [0.717, 1.165) is 6.42 Å². The van der Waals surface area contributed by atoms with Crippen LogP contribution in [0.5, 0.6) is 5.75 Å². The van der Waals surface area contributed by atoms with Crippen LogP contribution >= 0.6 is 7.52 Å². The van der Waals surface area contributed by atoms with Crippen LogP contribution in [-0.4, -0.2) is 24.9 Å². The number of ether oxygens (including phenoxy) is 1. The minimum Gasteiger partial charge on any atom is -0.465 e. The summed E-state index contributed by atoms with van der Waals surface area (Å²) in [6, 6.07) is 7.93. The van der Waals surface area contributed by atoms with Crippen LogP contribution in [0.2, 0.25) is 0 Å². The minimum atomic E-state index is -3.34. The Labute approximate surface area is 119 Å². The van der Waals surface area contributed by atoms with Crippen LogP contribution in [0, 0.1) is 0 Å². The van der Waals surface area contributed by atoms with Gasteiger partial charge in [0.15, 0.2) is 0 Å². The van der Waals surface area contributed by atoms with Crippen LogP contribution in [0.15, 0.2) is 30.3 Å². The topological polar surface area (TPSA) is 90.7 Å². The van der Waals surface area contributed by atoms with Crippen molar-refractivity contribution in [2.75, 3.05) is 12.9 Å². The molecule has 0 aromatic heterocycles. The molecule has 20 heavy (non-hydrogen) atoms. The Kier molecular flexibility index (Phi) is 6.71. The summed E-state index contributed by atoms with van der Waals surface area (Å²) >= 11 is 0. The average molecular weight is 300 g/mol. The van der Waals surface area contributed by atoms with E-state index in [2.05, 4.69) is 5.09 Å². The fourth-order valence-corrected chi connectivity index (χ4v) is 2.83. The van der Waals surface area contributed by atoms with E-state index in [1.54, 1.807) is 31.2 Å². The zero-order chi connectivity index (χ0) is 15.0. The van der Waals surface area contributed by atoms with Crippen molar-refractivity contribution >= 4 is 13.5 Å². The Hall–Kier alpha value is -1.36. The third kappa shape index (κ3) is 5.33. The van der Waals surface area contributed by atoms with Crippen molar-refractivity contribution in [3.8, 4) is 5.75 Å². The van der Waals surface area contributed by atoms with Crippen molar-refractivity contribution in [1.82, 2.24) is 5.09 Å². The standard InChI is InChI=1S/C13H21N2O4P/c1-3-9-18-13(16)11(2)15-20(17,10-14)19-12-7-5-4-6-8-12/h4-8,11H,3,9-10,14H2,1-2H3,(H,15,17). The number of rotatable bonds is 8. The molecule has 0 fully saturated rings. The molecule has 0 aliphatic carbocycles. The van der Waals surface area contributed by atoms with Crippen molar-refractivity contribution in [1.29, 1.82) is 0 Å². The van der Waals surface area contributed by atoms with E-state index in [9.17, 15) is 9.36 Å². The lowest BCUT2D eigenvalue weighted by atomic mass is 10.3. The average Bonchev–Trinajstić information content (AvgIpc) is 2.45. The molecular formula is C13H21N2O4P. The van der Waals surface area contributed by atoms with E-state index in [1.165, 1.54) is 0 Å². The van der Waals surface area contributed by atoms with Gasteiger partial charge in [-0.05, 0) is 25.5 Å². The Bertz CT molecular complexity index is 467. The molecule has 0 bridgehead atoms. The van der Waals surface area contributed by atoms with Gasteiger partial charge in [0.05, 0.1) is 12.9 Å². The van der Waals surface area contributed by atoms with E-state index in [0.29, 0.717) is 12.4 Å². The third-order valence-corrected chi connectivity index (χ3v) is 4.20. The zero-order valence-corrected chi connectivity index (χ0v) is 12.6. The molecule has 0 aliphatic heterocycles. The molecule has 1 aromatic rings. The first kappa shape index (κ1) is 16.7. The minimum absolute atomic E-state index is 0.215. The summed E-state index contributed by atoms with van der Waals surface area (Å²) < 4.78 is 22.8. The molecule has 0 spiro atoms. The van der Waals surface area contributed by atoms with Crippen molar-refractivity contribution in [2.45, 2.75) is 26.3 Å². The first-order valence-electron chi connectivity index (χ1n) is 6.49. The number of carbonyl (C=O) groups excluding carboxylic acids is 1. The molecule has 0 saturated heterocycles. The highest BCUT2D eigenvalue weighted by atomic mass is 31.2. The molecule has 0 saturated carbocycles. The second kappa shape index (κ2) is 8.04. The molecule has 0 aliphatic rings. The summed E-state index contributed by atoms with van der Waals surface area (Å²) in [5, 5.41) is 2.63. The van der Waals surface area contributed by atoms with E-state index < -0.39 is 19.5 Å². The van der Waals surface area contributed by atoms with Gasteiger partial charge in [-0.15, -0.1) is 0 Å². The first-order chi connectivity index (χ1) is 9.50. The summed E-state index contributed by atoms with van der Waals surface area (Å²) in [6.45, 7) is 3.79. The van der Waals surface area contributed by atoms with Gasteiger partial charge < -0.3 is 15.0 Å². The van der Waals surface area contributed by atoms with Crippen LogP contribution < -0.4 is 15.3 Å². The van der Waals surface area contributed by atoms with Gasteiger partial charge >= 0.3 is 13.5 Å². The summed E-state index contributed by atoms with van der Waals surface area (Å²) in [6.07, 6.45) is 0.515. The van der Waals surface area contributed by atoms with Crippen molar-refractivity contribution in [3.05, 3.63) is 30.3 Å². The first-order valence-corrected chi connectivity index (χ1v) is 8.30. The molecule has 7 heteroatoms. The molecular weight excluding hydrogens is 279 g/mol. The van der Waals surface area contributed by atoms with Crippen LogP contribution in [0.1, 0.15) is 20.3 Å². The summed E-state index contributed by atoms with van der Waals surface area (Å²) in [5.74, 6) is -0.0416. The smallest absolute Gasteiger partial charge is 0.330 e. The molecule has 6 nitrogen and oxygen atoms in total. The number of hydrogen-bond donors (Lipinski definition) is 2. The number of hydrogen-bond acceptors (Lipinski definition) is 5. The van der Waals surface area contributed by atoms with Crippen molar-refractivity contribution in [3.63, 3.8) is 0 Å². The van der Waals surface area contributed by atoms with Gasteiger partial charge in [0.1, 0.15) is 11.8 Å². The summed E-state index contributed by atoms with van der Waals surface area (Å²) in [7, 11) is -3.34. The van der Waals surface area contributed by atoms with E-state index in [4.69, 9.17) is 15.0 Å². The lowest BCUT2D eigenvalue weighted by Gasteiger charge is -2.22. The third-order valence-electron chi connectivity index (χ3n) is 2.43. The number of esters is 1. The van der Waals surface area contributed by atoms with E-state index >= 15 is 0 Å². The predicted octanol–water partition coefficient (Wildman–Crippen LogP) is 2.11. The van der Waals surface area contributed by atoms with E-state index in [1.807, 2.05) is 13.0 Å². The molecule has 3 N–H and O–H groups in total. The maximum atomic E-state index is 12.5. The molecule has 2 unspecified atom stereocenters. The fraction of sp³-hybridized carbons (Fsp3) is 0.462. The van der Waals surface area contributed by atoms with Gasteiger partial charge in [0.25, 0.3) is 0 Å². The molecule has 0 amide bonds. The van der Waals surface area contributed by atoms with Gasteiger partial charge in [-0.3, -0.25) is 9.36 Å². The molecule has 0 heterocycles. The largest absolute Gasteiger partial charge is 0.465 e. The predicted molar refractivity (Wildman–Crippen MR) is 77.6 cm³/mol. The molecule has 112 valence electrons. The highest BCUT2D eigenvalue weighted by Crippen LogP contribution is 2.41. The fourth-order valence-electron chi connectivity index (χ4n) is 1.44. The number of benzene rings is 1. The SMILES string of the molecule is CCCOC(=O)C(C)NP(=O)(CN)Oc1ccccc1. The second-order valence-corrected chi connectivity index (χ2v) is 6.43. The zero-order valence-electron chi connectivity index (χ0n) is 11.7.